The van der Waals surface area contributed by atoms with Gasteiger partial charge in [-0.25, -0.2) is 14.8 Å². The summed E-state index contributed by atoms with van der Waals surface area (Å²) in [6, 6.07) is 23.7. The summed E-state index contributed by atoms with van der Waals surface area (Å²) in [4.78, 5) is 25.4. The number of ether oxygens (including phenoxy) is 1. The maximum Gasteiger partial charge on any atom is 0.339 e. The number of hydrogen-bond donors (Lipinski definition) is 2. The third kappa shape index (κ3) is 4.26. The first-order valence-electron chi connectivity index (χ1n) is 11.1. The number of aromatic nitrogens is 3. The Labute approximate surface area is 211 Å². The number of aliphatic hydroxyl groups excluding tert-OH is 1. The first kappa shape index (κ1) is 23.1. The van der Waals surface area contributed by atoms with Crippen molar-refractivity contribution in [3.8, 4) is 17.3 Å². The lowest BCUT2D eigenvalue weighted by atomic mass is 9.98. The number of allylic oxidation sites excluding steroid dienone is 1. The van der Waals surface area contributed by atoms with Crippen LogP contribution in [0.3, 0.4) is 0 Å². The molecule has 2 heterocycles. The molecular formula is C28H19ClN4O3. The standard InChI is InChI=1S/C28H19ClN4O3/c1-16-25(19-9-2-3-10-21(19)31-26(16)17-7-6-8-18(29)13-17)28(35)36-15-24(34)20(14-30)27-32-22-11-4-5-12-23(22)33-27/h2-13,34H,15H2,1H3,(H,32,33). The summed E-state index contributed by atoms with van der Waals surface area (Å²) >= 11 is 6.19. The summed E-state index contributed by atoms with van der Waals surface area (Å²) in [5.41, 5.74) is 4.18. The van der Waals surface area contributed by atoms with E-state index in [0.717, 1.165) is 11.1 Å². The van der Waals surface area contributed by atoms with Crippen LogP contribution in [0, 0.1) is 18.3 Å². The van der Waals surface area contributed by atoms with E-state index in [0.29, 0.717) is 38.3 Å². The molecule has 0 spiro atoms. The van der Waals surface area contributed by atoms with Gasteiger partial charge in [0, 0.05) is 16.0 Å². The first-order chi connectivity index (χ1) is 17.5. The highest BCUT2D eigenvalue weighted by molar-refractivity contribution is 6.30. The summed E-state index contributed by atoms with van der Waals surface area (Å²) in [5.74, 6) is -0.861. The van der Waals surface area contributed by atoms with Crippen LogP contribution in [-0.4, -0.2) is 32.6 Å². The molecule has 0 radical (unpaired) electrons. The molecule has 3 aromatic carbocycles. The van der Waals surface area contributed by atoms with Gasteiger partial charge >= 0.3 is 5.97 Å². The molecule has 0 saturated heterocycles. The van der Waals surface area contributed by atoms with Gasteiger partial charge in [0.25, 0.3) is 0 Å². The Balaban J connectivity index is 1.50. The van der Waals surface area contributed by atoms with E-state index < -0.39 is 18.3 Å². The van der Waals surface area contributed by atoms with Crippen molar-refractivity contribution in [3.05, 3.63) is 101 Å². The molecule has 7 nitrogen and oxygen atoms in total. The van der Waals surface area contributed by atoms with Crippen LogP contribution < -0.4 is 0 Å². The summed E-state index contributed by atoms with van der Waals surface area (Å²) in [6.45, 7) is 1.29. The number of benzene rings is 3. The number of carbonyl (C=O) groups excluding carboxylic acids is 1. The van der Waals surface area contributed by atoms with E-state index in [2.05, 4.69) is 9.97 Å². The van der Waals surface area contributed by atoms with E-state index in [1.54, 1.807) is 31.2 Å². The number of fused-ring (bicyclic) bond motifs is 2. The summed E-state index contributed by atoms with van der Waals surface area (Å²) < 4.78 is 5.48. The number of para-hydroxylation sites is 3. The Hall–Kier alpha value is -4.67. The van der Waals surface area contributed by atoms with E-state index >= 15 is 0 Å². The minimum Gasteiger partial charge on any atom is -0.507 e. The smallest absolute Gasteiger partial charge is 0.339 e. The number of aliphatic hydroxyl groups is 1. The fourth-order valence-corrected chi connectivity index (χ4v) is 4.28. The van der Waals surface area contributed by atoms with E-state index in [1.807, 2.05) is 54.6 Å². The maximum atomic E-state index is 13.3. The average molecular weight is 495 g/mol. The Kier molecular flexibility index (Phi) is 6.11. The Morgan fingerprint density at radius 2 is 1.81 bits per heavy atom. The zero-order chi connectivity index (χ0) is 25.2. The van der Waals surface area contributed by atoms with Crippen LogP contribution in [0.5, 0.6) is 0 Å². The topological polar surface area (TPSA) is 112 Å². The van der Waals surface area contributed by atoms with Gasteiger partial charge < -0.3 is 14.8 Å². The zero-order valence-electron chi connectivity index (χ0n) is 19.1. The van der Waals surface area contributed by atoms with E-state index in [4.69, 9.17) is 21.3 Å². The van der Waals surface area contributed by atoms with Gasteiger partial charge in [0.1, 0.15) is 18.2 Å². The molecule has 0 aliphatic rings. The molecule has 2 N–H and O–H groups in total. The van der Waals surface area contributed by atoms with Crippen LogP contribution in [0.1, 0.15) is 21.7 Å². The third-order valence-electron chi connectivity index (χ3n) is 5.80. The maximum absolute atomic E-state index is 13.3. The van der Waals surface area contributed by atoms with E-state index in [9.17, 15) is 15.2 Å². The number of nitrogens with zero attached hydrogens (tertiary/aromatic N) is 3. The summed E-state index contributed by atoms with van der Waals surface area (Å²) in [6.07, 6.45) is 0. The van der Waals surface area contributed by atoms with Crippen LogP contribution >= 0.6 is 11.6 Å². The molecule has 0 amide bonds. The number of rotatable bonds is 5. The van der Waals surface area contributed by atoms with Crippen molar-refractivity contribution >= 4 is 45.1 Å². The van der Waals surface area contributed by atoms with Crippen LogP contribution in [0.2, 0.25) is 5.02 Å². The van der Waals surface area contributed by atoms with Crippen molar-refractivity contribution in [2.45, 2.75) is 6.92 Å². The number of esters is 1. The molecule has 5 rings (SSSR count). The number of pyridine rings is 1. The SMILES string of the molecule is Cc1c(-c2cccc(Cl)c2)nc2ccccc2c1C(=O)OCC(O)=C(C#N)c1nc2ccccc2[nH]1. The zero-order valence-corrected chi connectivity index (χ0v) is 19.9. The molecule has 5 aromatic rings. The van der Waals surface area contributed by atoms with Crippen molar-refractivity contribution in [2.75, 3.05) is 6.61 Å². The Bertz CT molecular complexity index is 1680. The molecule has 0 aliphatic carbocycles. The Morgan fingerprint density at radius 3 is 2.56 bits per heavy atom. The normalized spacial score (nSPS) is 11.8. The van der Waals surface area contributed by atoms with E-state index in [-0.39, 0.29) is 11.4 Å². The molecule has 36 heavy (non-hydrogen) atoms. The number of imidazole rings is 1. The second kappa shape index (κ2) is 9.53. The lowest BCUT2D eigenvalue weighted by Gasteiger charge is -2.14. The molecule has 0 fully saturated rings. The second-order valence-electron chi connectivity index (χ2n) is 8.10. The van der Waals surface area contributed by atoms with Gasteiger partial charge in [-0.3, -0.25) is 0 Å². The number of aromatic amines is 1. The third-order valence-corrected chi connectivity index (χ3v) is 6.04. The van der Waals surface area contributed by atoms with Crippen LogP contribution in [0.25, 0.3) is 38.8 Å². The minimum atomic E-state index is -0.650. The van der Waals surface area contributed by atoms with Crippen LogP contribution in [0.15, 0.2) is 78.6 Å². The van der Waals surface area contributed by atoms with Crippen LogP contribution in [-0.2, 0) is 4.74 Å². The van der Waals surface area contributed by atoms with Gasteiger partial charge in [0.05, 0.1) is 27.8 Å². The lowest BCUT2D eigenvalue weighted by molar-refractivity contribution is 0.0504. The molecule has 0 bridgehead atoms. The molecule has 0 aliphatic heterocycles. The fourth-order valence-electron chi connectivity index (χ4n) is 4.09. The number of hydrogen-bond acceptors (Lipinski definition) is 6. The number of nitriles is 1. The molecular weight excluding hydrogens is 476 g/mol. The highest BCUT2D eigenvalue weighted by Gasteiger charge is 2.22. The Morgan fingerprint density at radius 1 is 1.06 bits per heavy atom. The monoisotopic (exact) mass is 494 g/mol. The first-order valence-corrected chi connectivity index (χ1v) is 11.4. The van der Waals surface area contributed by atoms with Gasteiger partial charge in [-0.1, -0.05) is 54.1 Å². The van der Waals surface area contributed by atoms with Gasteiger partial charge in [0.2, 0.25) is 0 Å². The second-order valence-corrected chi connectivity index (χ2v) is 8.54. The minimum absolute atomic E-state index is 0.102. The molecule has 176 valence electrons. The number of halogens is 1. The number of nitrogens with one attached hydrogen (secondary N) is 1. The van der Waals surface area contributed by atoms with Crippen molar-refractivity contribution in [1.82, 2.24) is 15.0 Å². The molecule has 0 saturated carbocycles. The highest BCUT2D eigenvalue weighted by atomic mass is 35.5. The molecule has 0 unspecified atom stereocenters. The van der Waals surface area contributed by atoms with Gasteiger partial charge in [-0.2, -0.15) is 5.26 Å². The number of carbonyl (C=O) groups is 1. The van der Waals surface area contributed by atoms with E-state index in [1.165, 1.54) is 0 Å². The predicted octanol–water partition coefficient (Wildman–Crippen LogP) is 6.39. The van der Waals surface area contributed by atoms with Crippen molar-refractivity contribution in [2.24, 2.45) is 0 Å². The molecule has 2 aromatic heterocycles. The summed E-state index contributed by atoms with van der Waals surface area (Å²) in [7, 11) is 0. The van der Waals surface area contributed by atoms with Crippen molar-refractivity contribution in [1.29, 1.82) is 5.26 Å². The fraction of sp³-hybridized carbons (Fsp3) is 0.0714. The number of H-pyrrole nitrogens is 1. The predicted molar refractivity (Wildman–Crippen MR) is 138 cm³/mol. The quantitative estimate of drug-likeness (QED) is 0.166. The van der Waals surface area contributed by atoms with Crippen molar-refractivity contribution < 1.29 is 14.6 Å². The van der Waals surface area contributed by atoms with Gasteiger partial charge in [-0.05, 0) is 42.8 Å². The van der Waals surface area contributed by atoms with Gasteiger partial charge in [0.15, 0.2) is 11.6 Å². The van der Waals surface area contributed by atoms with Crippen molar-refractivity contribution in [3.63, 3.8) is 0 Å². The molecule has 8 heteroatoms. The largest absolute Gasteiger partial charge is 0.507 e. The van der Waals surface area contributed by atoms with Gasteiger partial charge in [-0.15, -0.1) is 0 Å². The summed E-state index contributed by atoms with van der Waals surface area (Å²) in [5, 5.41) is 21.4. The average Bonchev–Trinajstić information content (AvgIpc) is 3.31. The lowest BCUT2D eigenvalue weighted by Crippen LogP contribution is -2.12. The molecule has 0 atom stereocenters. The highest BCUT2D eigenvalue weighted by Crippen LogP contribution is 2.31. The van der Waals surface area contributed by atoms with Crippen LogP contribution in [0.4, 0.5) is 0 Å².